The van der Waals surface area contributed by atoms with Crippen molar-refractivity contribution in [3.8, 4) is 0 Å². The summed E-state index contributed by atoms with van der Waals surface area (Å²) in [6.07, 6.45) is 0.342. The fourth-order valence-electron chi connectivity index (χ4n) is 1.06. The maximum Gasteiger partial charge on any atom is 0.221 e. The molecule has 1 rings (SSSR count). The van der Waals surface area contributed by atoms with Crippen molar-refractivity contribution < 1.29 is 4.79 Å². The molecule has 3 N–H and O–H groups in total. The SMILES string of the molecule is Nc1ccccc1CNC(=O)CCCl. The van der Waals surface area contributed by atoms with Crippen LogP contribution in [-0.4, -0.2) is 11.8 Å². The molecule has 0 saturated heterocycles. The van der Waals surface area contributed by atoms with Crippen molar-refractivity contribution in [1.29, 1.82) is 0 Å². The van der Waals surface area contributed by atoms with Gasteiger partial charge in [-0.25, -0.2) is 0 Å². The molecule has 0 aliphatic heterocycles. The summed E-state index contributed by atoms with van der Waals surface area (Å²) in [5, 5.41) is 2.74. The molecule has 0 fully saturated rings. The molecule has 3 nitrogen and oxygen atoms in total. The van der Waals surface area contributed by atoms with Gasteiger partial charge in [-0.15, -0.1) is 11.6 Å². The average Bonchev–Trinajstić information content (AvgIpc) is 2.17. The molecule has 4 heteroatoms. The smallest absolute Gasteiger partial charge is 0.221 e. The Morgan fingerprint density at radius 3 is 2.79 bits per heavy atom. The highest BCUT2D eigenvalue weighted by Gasteiger charge is 2.01. The minimum atomic E-state index is -0.0525. The quantitative estimate of drug-likeness (QED) is 0.587. The van der Waals surface area contributed by atoms with E-state index in [1.807, 2.05) is 24.3 Å². The van der Waals surface area contributed by atoms with Crippen LogP contribution < -0.4 is 11.1 Å². The minimum absolute atomic E-state index is 0.0525. The van der Waals surface area contributed by atoms with E-state index in [-0.39, 0.29) is 5.91 Å². The maximum absolute atomic E-state index is 11.1. The molecule has 76 valence electrons. The van der Waals surface area contributed by atoms with Gasteiger partial charge in [-0.2, -0.15) is 0 Å². The normalized spacial score (nSPS) is 9.79. The second-order valence-electron chi connectivity index (χ2n) is 2.91. The Balaban J connectivity index is 2.46. The highest BCUT2D eigenvalue weighted by atomic mass is 35.5. The largest absolute Gasteiger partial charge is 0.398 e. The van der Waals surface area contributed by atoms with Gasteiger partial charge >= 0.3 is 0 Å². The molecule has 0 radical (unpaired) electrons. The summed E-state index contributed by atoms with van der Waals surface area (Å²) >= 11 is 5.42. The molecule has 14 heavy (non-hydrogen) atoms. The van der Waals surface area contributed by atoms with Crippen molar-refractivity contribution in [2.45, 2.75) is 13.0 Å². The van der Waals surface area contributed by atoms with Crippen LogP contribution in [0.15, 0.2) is 24.3 Å². The summed E-state index contributed by atoms with van der Waals surface area (Å²) in [5.74, 6) is 0.291. The van der Waals surface area contributed by atoms with E-state index in [1.54, 1.807) is 0 Å². The van der Waals surface area contributed by atoms with E-state index >= 15 is 0 Å². The highest BCUT2D eigenvalue weighted by molar-refractivity contribution is 6.18. The number of carbonyl (C=O) groups is 1. The van der Waals surface area contributed by atoms with Gasteiger partial charge in [-0.3, -0.25) is 4.79 Å². The van der Waals surface area contributed by atoms with Gasteiger partial charge in [0.1, 0.15) is 0 Å². The van der Waals surface area contributed by atoms with Crippen LogP contribution in [0, 0.1) is 0 Å². The van der Waals surface area contributed by atoms with E-state index in [2.05, 4.69) is 5.32 Å². The van der Waals surface area contributed by atoms with Crippen LogP contribution in [0.1, 0.15) is 12.0 Å². The molecular weight excluding hydrogens is 200 g/mol. The van der Waals surface area contributed by atoms with Crippen molar-refractivity contribution in [3.05, 3.63) is 29.8 Å². The lowest BCUT2D eigenvalue weighted by Gasteiger charge is -2.06. The summed E-state index contributed by atoms with van der Waals surface area (Å²) in [6, 6.07) is 7.44. The summed E-state index contributed by atoms with van der Waals surface area (Å²) in [6.45, 7) is 0.461. The molecule has 1 aromatic rings. The van der Waals surface area contributed by atoms with E-state index in [0.29, 0.717) is 24.5 Å². The Morgan fingerprint density at radius 2 is 2.14 bits per heavy atom. The third kappa shape index (κ3) is 3.26. The molecule has 1 aromatic carbocycles. The van der Waals surface area contributed by atoms with Crippen LogP contribution in [0.5, 0.6) is 0 Å². The summed E-state index contributed by atoms with van der Waals surface area (Å²) < 4.78 is 0. The summed E-state index contributed by atoms with van der Waals surface area (Å²) in [5.41, 5.74) is 7.32. The zero-order chi connectivity index (χ0) is 10.4. The predicted octanol–water partition coefficient (Wildman–Crippen LogP) is 1.51. The molecular formula is C10H13ClN2O. The number of nitrogens with one attached hydrogen (secondary N) is 1. The molecule has 0 aliphatic carbocycles. The Labute approximate surface area is 88.2 Å². The van der Waals surface area contributed by atoms with Gasteiger partial charge in [-0.05, 0) is 11.6 Å². The second-order valence-corrected chi connectivity index (χ2v) is 3.29. The fraction of sp³-hybridized carbons (Fsp3) is 0.300. The predicted molar refractivity (Wildman–Crippen MR) is 58.0 cm³/mol. The first-order valence-corrected chi connectivity index (χ1v) is 4.93. The molecule has 0 heterocycles. The number of amides is 1. The van der Waals surface area contributed by atoms with E-state index < -0.39 is 0 Å². The lowest BCUT2D eigenvalue weighted by atomic mass is 10.2. The number of para-hydroxylation sites is 1. The van der Waals surface area contributed by atoms with Crippen LogP contribution in [-0.2, 0) is 11.3 Å². The number of hydrogen-bond donors (Lipinski definition) is 2. The van der Waals surface area contributed by atoms with Gasteiger partial charge in [0.25, 0.3) is 0 Å². The van der Waals surface area contributed by atoms with Gasteiger partial charge in [0.2, 0.25) is 5.91 Å². The first kappa shape index (κ1) is 10.9. The number of carbonyl (C=O) groups excluding carboxylic acids is 1. The van der Waals surface area contributed by atoms with Crippen LogP contribution in [0.4, 0.5) is 5.69 Å². The average molecular weight is 213 g/mol. The summed E-state index contributed by atoms with van der Waals surface area (Å²) in [4.78, 5) is 11.1. The monoisotopic (exact) mass is 212 g/mol. The van der Waals surface area contributed by atoms with Crippen LogP contribution >= 0.6 is 11.6 Å². The molecule has 0 aliphatic rings. The third-order valence-corrected chi connectivity index (χ3v) is 2.04. The van der Waals surface area contributed by atoms with Crippen molar-refractivity contribution in [2.24, 2.45) is 0 Å². The van der Waals surface area contributed by atoms with E-state index in [9.17, 15) is 4.79 Å². The maximum atomic E-state index is 11.1. The number of nitrogens with two attached hydrogens (primary N) is 1. The first-order valence-electron chi connectivity index (χ1n) is 4.40. The Kier molecular flexibility index (Phi) is 4.26. The number of alkyl halides is 1. The van der Waals surface area contributed by atoms with E-state index in [0.717, 1.165) is 5.56 Å². The Hall–Kier alpha value is -1.22. The van der Waals surface area contributed by atoms with E-state index in [4.69, 9.17) is 17.3 Å². The van der Waals surface area contributed by atoms with Crippen LogP contribution in [0.3, 0.4) is 0 Å². The van der Waals surface area contributed by atoms with Crippen molar-refractivity contribution in [2.75, 3.05) is 11.6 Å². The third-order valence-electron chi connectivity index (χ3n) is 1.85. The van der Waals surface area contributed by atoms with Crippen molar-refractivity contribution in [3.63, 3.8) is 0 Å². The topological polar surface area (TPSA) is 55.1 Å². The Morgan fingerprint density at radius 1 is 1.43 bits per heavy atom. The summed E-state index contributed by atoms with van der Waals surface area (Å²) in [7, 11) is 0. The number of anilines is 1. The van der Waals surface area contributed by atoms with Crippen LogP contribution in [0.2, 0.25) is 0 Å². The molecule has 0 spiro atoms. The number of nitrogen functional groups attached to an aromatic ring is 1. The van der Waals surface area contributed by atoms with Crippen LogP contribution in [0.25, 0.3) is 0 Å². The van der Waals surface area contributed by atoms with Gasteiger partial charge in [0.15, 0.2) is 0 Å². The Bertz CT molecular complexity index is 315. The molecule has 0 unspecified atom stereocenters. The number of halogens is 1. The lowest BCUT2D eigenvalue weighted by molar-refractivity contribution is -0.120. The zero-order valence-electron chi connectivity index (χ0n) is 7.79. The fourth-order valence-corrected chi connectivity index (χ4v) is 1.23. The van der Waals surface area contributed by atoms with Gasteiger partial charge in [-0.1, -0.05) is 18.2 Å². The zero-order valence-corrected chi connectivity index (χ0v) is 8.55. The van der Waals surface area contributed by atoms with Gasteiger partial charge < -0.3 is 11.1 Å². The van der Waals surface area contributed by atoms with Crippen molar-refractivity contribution in [1.82, 2.24) is 5.32 Å². The number of hydrogen-bond acceptors (Lipinski definition) is 2. The number of benzene rings is 1. The molecule has 0 saturated carbocycles. The molecule has 0 bridgehead atoms. The first-order chi connectivity index (χ1) is 6.74. The molecule has 0 aromatic heterocycles. The standard InChI is InChI=1S/C10H13ClN2O/c11-6-5-10(14)13-7-8-3-1-2-4-9(8)12/h1-4H,5-7,12H2,(H,13,14). The highest BCUT2D eigenvalue weighted by Crippen LogP contribution is 2.09. The van der Waals surface area contributed by atoms with Gasteiger partial charge in [0.05, 0.1) is 0 Å². The molecule has 1 amide bonds. The minimum Gasteiger partial charge on any atom is -0.398 e. The van der Waals surface area contributed by atoms with E-state index in [1.165, 1.54) is 0 Å². The second kappa shape index (κ2) is 5.50. The molecule has 0 atom stereocenters. The lowest BCUT2D eigenvalue weighted by Crippen LogP contribution is -2.23. The van der Waals surface area contributed by atoms with Crippen molar-refractivity contribution >= 4 is 23.2 Å². The number of rotatable bonds is 4. The van der Waals surface area contributed by atoms with Gasteiger partial charge in [0, 0.05) is 24.5 Å².